The fourth-order valence-electron chi connectivity index (χ4n) is 2.62. The van der Waals surface area contributed by atoms with Crippen LogP contribution in [0.1, 0.15) is 29.6 Å². The molecule has 1 aromatic carbocycles. The smallest absolute Gasteiger partial charge is 0.253 e. The highest BCUT2D eigenvalue weighted by atomic mass is 32.2. The molecule has 1 aliphatic carbocycles. The minimum absolute atomic E-state index is 0.0257. The molecule has 100 valence electrons. The molecule has 0 saturated heterocycles. The molecule has 2 aromatic rings. The molecule has 1 aliphatic rings. The zero-order valence-corrected chi connectivity index (χ0v) is 11.8. The van der Waals surface area contributed by atoms with Gasteiger partial charge in [0.05, 0.1) is 5.56 Å². The molecule has 1 fully saturated rings. The second-order valence-corrected chi connectivity index (χ2v) is 6.45. The Morgan fingerprint density at radius 1 is 1.42 bits per heavy atom. The van der Waals surface area contributed by atoms with Crippen LogP contribution in [0.3, 0.4) is 0 Å². The Labute approximate surface area is 117 Å². The molecule has 3 nitrogen and oxygen atoms in total. The summed E-state index contributed by atoms with van der Waals surface area (Å²) in [6, 6.07) is 7.90. The molecule has 0 aliphatic heterocycles. The summed E-state index contributed by atoms with van der Waals surface area (Å²) in [5.74, 6) is 0.0257. The van der Waals surface area contributed by atoms with E-state index in [-0.39, 0.29) is 10.7 Å². The standard InChI is InChI=1S/C15H18N2OS/c1-19-15(7-4-8-15)10-17-14(18)12-9-16-13-6-3-2-5-11(12)13/h2-3,5-6,9,16H,4,7-8,10H2,1H3,(H,17,18). The highest BCUT2D eigenvalue weighted by Crippen LogP contribution is 2.42. The van der Waals surface area contributed by atoms with E-state index in [1.807, 2.05) is 36.0 Å². The molecule has 0 spiro atoms. The Hall–Kier alpha value is -1.42. The molecule has 0 radical (unpaired) electrons. The number of aromatic nitrogens is 1. The van der Waals surface area contributed by atoms with Gasteiger partial charge >= 0.3 is 0 Å². The predicted molar refractivity (Wildman–Crippen MR) is 80.7 cm³/mol. The molecule has 3 rings (SSSR count). The number of aromatic amines is 1. The van der Waals surface area contributed by atoms with E-state index in [2.05, 4.69) is 16.6 Å². The molecule has 1 amide bonds. The van der Waals surface area contributed by atoms with Gasteiger partial charge in [0.15, 0.2) is 0 Å². The number of hydrogen-bond acceptors (Lipinski definition) is 2. The molecule has 4 heteroatoms. The van der Waals surface area contributed by atoms with Gasteiger partial charge in [-0.2, -0.15) is 11.8 Å². The summed E-state index contributed by atoms with van der Waals surface area (Å²) in [6.45, 7) is 0.770. The molecule has 0 bridgehead atoms. The van der Waals surface area contributed by atoms with Crippen LogP contribution in [0.4, 0.5) is 0 Å². The molecular weight excluding hydrogens is 256 g/mol. The first-order chi connectivity index (χ1) is 9.24. The fourth-order valence-corrected chi connectivity index (χ4v) is 3.53. The molecule has 0 unspecified atom stereocenters. The summed E-state index contributed by atoms with van der Waals surface area (Å²) in [5.41, 5.74) is 1.75. The second kappa shape index (κ2) is 4.93. The quantitative estimate of drug-likeness (QED) is 0.899. The predicted octanol–water partition coefficient (Wildman–Crippen LogP) is 3.18. The lowest BCUT2D eigenvalue weighted by Gasteiger charge is -2.40. The van der Waals surface area contributed by atoms with Crippen molar-refractivity contribution in [1.82, 2.24) is 10.3 Å². The minimum Gasteiger partial charge on any atom is -0.360 e. The number of hydrogen-bond donors (Lipinski definition) is 2. The number of H-pyrrole nitrogens is 1. The number of fused-ring (bicyclic) bond motifs is 1. The summed E-state index contributed by atoms with van der Waals surface area (Å²) < 4.78 is 0.280. The van der Waals surface area contributed by atoms with Crippen LogP contribution in [-0.4, -0.2) is 28.4 Å². The summed E-state index contributed by atoms with van der Waals surface area (Å²) in [7, 11) is 0. The summed E-state index contributed by atoms with van der Waals surface area (Å²) in [4.78, 5) is 15.4. The van der Waals surface area contributed by atoms with Crippen molar-refractivity contribution in [1.29, 1.82) is 0 Å². The van der Waals surface area contributed by atoms with Crippen molar-refractivity contribution < 1.29 is 4.79 Å². The number of thioether (sulfide) groups is 1. The zero-order chi connectivity index (χ0) is 13.3. The molecule has 1 saturated carbocycles. The van der Waals surface area contributed by atoms with Crippen LogP contribution in [-0.2, 0) is 0 Å². The number of benzene rings is 1. The van der Waals surface area contributed by atoms with Crippen molar-refractivity contribution in [2.24, 2.45) is 0 Å². The Bertz CT molecular complexity index is 595. The maximum atomic E-state index is 12.3. The van der Waals surface area contributed by atoms with Crippen molar-refractivity contribution in [3.8, 4) is 0 Å². The Morgan fingerprint density at radius 3 is 2.89 bits per heavy atom. The SMILES string of the molecule is CSC1(CNC(=O)c2c[nH]c3ccccc23)CCC1. The Kier molecular flexibility index (Phi) is 3.27. The van der Waals surface area contributed by atoms with E-state index in [1.165, 1.54) is 19.3 Å². The van der Waals surface area contributed by atoms with Gasteiger partial charge in [0, 0.05) is 28.4 Å². The third-order valence-electron chi connectivity index (χ3n) is 4.10. The number of carbonyl (C=O) groups excluding carboxylic acids is 1. The molecule has 1 aromatic heterocycles. The first kappa shape index (κ1) is 12.6. The van der Waals surface area contributed by atoms with Crippen LogP contribution in [0.25, 0.3) is 10.9 Å². The maximum absolute atomic E-state index is 12.3. The number of para-hydroxylation sites is 1. The van der Waals surface area contributed by atoms with Crippen LogP contribution in [0.2, 0.25) is 0 Å². The summed E-state index contributed by atoms with van der Waals surface area (Å²) in [5, 5.41) is 4.08. The van der Waals surface area contributed by atoms with Crippen LogP contribution in [0, 0.1) is 0 Å². The van der Waals surface area contributed by atoms with Gasteiger partial charge in [0.2, 0.25) is 0 Å². The highest BCUT2D eigenvalue weighted by Gasteiger charge is 2.36. The van der Waals surface area contributed by atoms with Crippen molar-refractivity contribution >= 4 is 28.6 Å². The molecule has 2 N–H and O–H groups in total. The van der Waals surface area contributed by atoms with Crippen LogP contribution in [0.5, 0.6) is 0 Å². The number of nitrogens with one attached hydrogen (secondary N) is 2. The van der Waals surface area contributed by atoms with Crippen LogP contribution in [0.15, 0.2) is 30.5 Å². The number of rotatable bonds is 4. The van der Waals surface area contributed by atoms with Crippen molar-refractivity contribution in [3.05, 3.63) is 36.0 Å². The van der Waals surface area contributed by atoms with Gasteiger partial charge in [-0.3, -0.25) is 4.79 Å². The van der Waals surface area contributed by atoms with E-state index in [4.69, 9.17) is 0 Å². The zero-order valence-electron chi connectivity index (χ0n) is 11.0. The van der Waals surface area contributed by atoms with E-state index >= 15 is 0 Å². The summed E-state index contributed by atoms with van der Waals surface area (Å²) >= 11 is 1.88. The largest absolute Gasteiger partial charge is 0.360 e. The lowest BCUT2D eigenvalue weighted by molar-refractivity contribution is 0.0945. The lowest BCUT2D eigenvalue weighted by atomic mass is 9.84. The average molecular weight is 274 g/mol. The average Bonchev–Trinajstić information content (AvgIpc) is 2.81. The van der Waals surface area contributed by atoms with Gasteiger partial charge in [0.1, 0.15) is 0 Å². The van der Waals surface area contributed by atoms with E-state index in [1.54, 1.807) is 6.20 Å². The second-order valence-electron chi connectivity index (χ2n) is 5.17. The topological polar surface area (TPSA) is 44.9 Å². The Balaban J connectivity index is 1.73. The molecular formula is C15H18N2OS. The van der Waals surface area contributed by atoms with Gasteiger partial charge < -0.3 is 10.3 Å². The van der Waals surface area contributed by atoms with Gasteiger partial charge in [-0.1, -0.05) is 24.6 Å². The first-order valence-corrected chi connectivity index (χ1v) is 7.86. The van der Waals surface area contributed by atoms with Crippen molar-refractivity contribution in [3.63, 3.8) is 0 Å². The highest BCUT2D eigenvalue weighted by molar-refractivity contribution is 8.00. The van der Waals surface area contributed by atoms with Gasteiger partial charge in [-0.25, -0.2) is 0 Å². The van der Waals surface area contributed by atoms with E-state index < -0.39 is 0 Å². The van der Waals surface area contributed by atoms with Crippen LogP contribution < -0.4 is 5.32 Å². The molecule has 19 heavy (non-hydrogen) atoms. The molecule has 1 heterocycles. The molecule has 0 atom stereocenters. The van der Waals surface area contributed by atoms with E-state index in [0.717, 1.165) is 23.0 Å². The third-order valence-corrected chi connectivity index (χ3v) is 5.52. The van der Waals surface area contributed by atoms with Crippen LogP contribution >= 0.6 is 11.8 Å². The van der Waals surface area contributed by atoms with Gasteiger partial charge in [-0.15, -0.1) is 0 Å². The van der Waals surface area contributed by atoms with E-state index in [9.17, 15) is 4.79 Å². The maximum Gasteiger partial charge on any atom is 0.253 e. The normalized spacial score (nSPS) is 17.1. The number of carbonyl (C=O) groups is 1. The van der Waals surface area contributed by atoms with Crippen molar-refractivity contribution in [2.75, 3.05) is 12.8 Å². The van der Waals surface area contributed by atoms with E-state index in [0.29, 0.717) is 0 Å². The van der Waals surface area contributed by atoms with Crippen molar-refractivity contribution in [2.45, 2.75) is 24.0 Å². The lowest BCUT2D eigenvalue weighted by Crippen LogP contribution is -2.45. The monoisotopic (exact) mass is 274 g/mol. The fraction of sp³-hybridized carbons (Fsp3) is 0.400. The Morgan fingerprint density at radius 2 is 2.21 bits per heavy atom. The van der Waals surface area contributed by atoms with Gasteiger partial charge in [0.25, 0.3) is 5.91 Å². The summed E-state index contributed by atoms with van der Waals surface area (Å²) in [6.07, 6.45) is 7.64. The first-order valence-electron chi connectivity index (χ1n) is 6.64. The minimum atomic E-state index is 0.0257. The number of amides is 1. The third kappa shape index (κ3) is 2.25. The van der Waals surface area contributed by atoms with Gasteiger partial charge in [-0.05, 0) is 25.2 Å².